The molecule has 0 radical (unpaired) electrons. The van der Waals surface area contributed by atoms with E-state index in [1.54, 1.807) is 18.5 Å². The molecule has 0 amide bonds. The summed E-state index contributed by atoms with van der Waals surface area (Å²) >= 11 is 4.91. The SMILES string of the molecule is NC(=S)c1ccnc(NCCn2cccn2)c1. The van der Waals surface area contributed by atoms with Crippen LogP contribution in [-0.4, -0.2) is 26.3 Å². The van der Waals surface area contributed by atoms with Crippen molar-refractivity contribution in [1.29, 1.82) is 0 Å². The lowest BCUT2D eigenvalue weighted by Crippen LogP contribution is -2.13. The number of rotatable bonds is 5. The van der Waals surface area contributed by atoms with Crippen molar-refractivity contribution >= 4 is 23.0 Å². The Morgan fingerprint density at radius 1 is 1.47 bits per heavy atom. The third kappa shape index (κ3) is 3.25. The monoisotopic (exact) mass is 247 g/mol. The molecule has 2 heterocycles. The molecule has 5 nitrogen and oxygen atoms in total. The average Bonchev–Trinajstić information content (AvgIpc) is 2.82. The number of thiocarbonyl (C=S) groups is 1. The zero-order chi connectivity index (χ0) is 12.1. The molecule has 0 saturated carbocycles. The lowest BCUT2D eigenvalue weighted by Gasteiger charge is -2.06. The van der Waals surface area contributed by atoms with Gasteiger partial charge < -0.3 is 11.1 Å². The number of nitrogens with one attached hydrogen (secondary N) is 1. The van der Waals surface area contributed by atoms with E-state index in [4.69, 9.17) is 18.0 Å². The smallest absolute Gasteiger partial charge is 0.126 e. The maximum Gasteiger partial charge on any atom is 0.126 e. The highest BCUT2D eigenvalue weighted by molar-refractivity contribution is 7.80. The second kappa shape index (κ2) is 5.40. The van der Waals surface area contributed by atoms with E-state index in [2.05, 4.69) is 15.4 Å². The predicted octanol–water partition coefficient (Wildman–Crippen LogP) is 1.02. The van der Waals surface area contributed by atoms with E-state index >= 15 is 0 Å². The van der Waals surface area contributed by atoms with Gasteiger partial charge in [-0.2, -0.15) is 5.10 Å². The molecule has 0 aliphatic heterocycles. The first-order valence-corrected chi connectivity index (χ1v) is 5.64. The fourth-order valence-corrected chi connectivity index (χ4v) is 1.54. The number of nitrogens with two attached hydrogens (primary N) is 1. The average molecular weight is 247 g/mol. The van der Waals surface area contributed by atoms with E-state index in [-0.39, 0.29) is 0 Å². The van der Waals surface area contributed by atoms with Gasteiger partial charge in [-0.05, 0) is 18.2 Å². The molecule has 3 N–H and O–H groups in total. The summed E-state index contributed by atoms with van der Waals surface area (Å²) in [5.41, 5.74) is 6.37. The molecule has 0 atom stereocenters. The second-order valence-electron chi connectivity index (χ2n) is 3.49. The standard InChI is InChI=1S/C11H13N5S/c12-11(17)9-2-4-13-10(8-9)14-5-7-16-6-1-3-15-16/h1-4,6,8H,5,7H2,(H2,12,17)(H,13,14). The molecule has 2 aromatic heterocycles. The Balaban J connectivity index is 1.90. The highest BCUT2D eigenvalue weighted by atomic mass is 32.1. The molecule has 2 aromatic rings. The van der Waals surface area contributed by atoms with Crippen LogP contribution in [0.2, 0.25) is 0 Å². The fraction of sp³-hybridized carbons (Fsp3) is 0.182. The zero-order valence-electron chi connectivity index (χ0n) is 9.21. The second-order valence-corrected chi connectivity index (χ2v) is 3.93. The Labute approximate surface area is 105 Å². The summed E-state index contributed by atoms with van der Waals surface area (Å²) < 4.78 is 1.85. The first-order chi connectivity index (χ1) is 8.25. The maximum atomic E-state index is 5.55. The van der Waals surface area contributed by atoms with Crippen LogP contribution < -0.4 is 11.1 Å². The van der Waals surface area contributed by atoms with Gasteiger partial charge in [0.05, 0.1) is 6.54 Å². The van der Waals surface area contributed by atoms with E-state index in [0.29, 0.717) is 4.99 Å². The van der Waals surface area contributed by atoms with Crippen molar-refractivity contribution in [3.05, 3.63) is 42.4 Å². The minimum Gasteiger partial charge on any atom is -0.389 e. The van der Waals surface area contributed by atoms with Crippen LogP contribution in [0.5, 0.6) is 0 Å². The van der Waals surface area contributed by atoms with Crippen LogP contribution in [0.3, 0.4) is 0 Å². The summed E-state index contributed by atoms with van der Waals surface area (Å²) in [6, 6.07) is 5.53. The third-order valence-electron chi connectivity index (χ3n) is 2.25. The van der Waals surface area contributed by atoms with Crippen LogP contribution >= 0.6 is 12.2 Å². The molecule has 17 heavy (non-hydrogen) atoms. The van der Waals surface area contributed by atoms with Gasteiger partial charge >= 0.3 is 0 Å². The van der Waals surface area contributed by atoms with Crippen molar-refractivity contribution in [3.63, 3.8) is 0 Å². The maximum absolute atomic E-state index is 5.55. The van der Waals surface area contributed by atoms with Gasteiger partial charge in [-0.25, -0.2) is 4.98 Å². The van der Waals surface area contributed by atoms with Gasteiger partial charge in [0.15, 0.2) is 0 Å². The predicted molar refractivity (Wildman–Crippen MR) is 70.8 cm³/mol. The van der Waals surface area contributed by atoms with Gasteiger partial charge in [0, 0.05) is 30.7 Å². The van der Waals surface area contributed by atoms with Gasteiger partial charge in [-0.3, -0.25) is 4.68 Å². The zero-order valence-corrected chi connectivity index (χ0v) is 10.0. The number of nitrogens with zero attached hydrogens (tertiary/aromatic N) is 3. The van der Waals surface area contributed by atoms with Gasteiger partial charge in [0.2, 0.25) is 0 Å². The van der Waals surface area contributed by atoms with Crippen molar-refractivity contribution in [2.24, 2.45) is 5.73 Å². The Bertz CT molecular complexity index is 494. The van der Waals surface area contributed by atoms with Crippen molar-refractivity contribution in [1.82, 2.24) is 14.8 Å². The van der Waals surface area contributed by atoms with Crippen molar-refractivity contribution in [2.45, 2.75) is 6.54 Å². The molecule has 0 aromatic carbocycles. The Hall–Kier alpha value is -1.95. The molecular weight excluding hydrogens is 234 g/mol. The molecular formula is C11H13N5S. The summed E-state index contributed by atoms with van der Waals surface area (Å²) in [6.45, 7) is 1.53. The lowest BCUT2D eigenvalue weighted by molar-refractivity contribution is 0.637. The first kappa shape index (κ1) is 11.5. The van der Waals surface area contributed by atoms with Gasteiger partial charge in [0.1, 0.15) is 10.8 Å². The van der Waals surface area contributed by atoms with Crippen molar-refractivity contribution in [2.75, 3.05) is 11.9 Å². The minimum atomic E-state index is 0.377. The number of pyridine rings is 1. The molecule has 0 unspecified atom stereocenters. The Morgan fingerprint density at radius 2 is 2.35 bits per heavy atom. The highest BCUT2D eigenvalue weighted by Crippen LogP contribution is 2.06. The van der Waals surface area contributed by atoms with Crippen molar-refractivity contribution in [3.8, 4) is 0 Å². The molecule has 0 aliphatic rings. The van der Waals surface area contributed by atoms with Crippen LogP contribution in [-0.2, 0) is 6.54 Å². The molecule has 2 rings (SSSR count). The summed E-state index contributed by atoms with van der Waals surface area (Å²) in [5, 5.41) is 7.30. The largest absolute Gasteiger partial charge is 0.389 e. The minimum absolute atomic E-state index is 0.377. The van der Waals surface area contributed by atoms with E-state index in [1.807, 2.05) is 23.0 Å². The fourth-order valence-electron chi connectivity index (χ4n) is 1.41. The molecule has 0 fully saturated rings. The van der Waals surface area contributed by atoms with Crippen molar-refractivity contribution < 1.29 is 0 Å². The lowest BCUT2D eigenvalue weighted by atomic mass is 10.2. The van der Waals surface area contributed by atoms with E-state index in [0.717, 1.165) is 24.5 Å². The number of aromatic nitrogens is 3. The van der Waals surface area contributed by atoms with Crippen LogP contribution in [0.1, 0.15) is 5.56 Å². The first-order valence-electron chi connectivity index (χ1n) is 5.23. The third-order valence-corrected chi connectivity index (χ3v) is 2.49. The van der Waals surface area contributed by atoms with Crippen LogP contribution in [0.25, 0.3) is 0 Å². The Morgan fingerprint density at radius 3 is 3.06 bits per heavy atom. The van der Waals surface area contributed by atoms with Crippen LogP contribution in [0.15, 0.2) is 36.8 Å². The summed E-state index contributed by atoms with van der Waals surface area (Å²) in [6.07, 6.45) is 5.36. The summed E-state index contributed by atoms with van der Waals surface area (Å²) in [7, 11) is 0. The molecule has 0 spiro atoms. The molecule has 0 bridgehead atoms. The van der Waals surface area contributed by atoms with Crippen LogP contribution in [0.4, 0.5) is 5.82 Å². The Kier molecular flexibility index (Phi) is 3.66. The van der Waals surface area contributed by atoms with E-state index in [9.17, 15) is 0 Å². The topological polar surface area (TPSA) is 68.8 Å². The van der Waals surface area contributed by atoms with Gasteiger partial charge in [-0.1, -0.05) is 12.2 Å². The normalized spacial score (nSPS) is 10.1. The molecule has 0 aliphatic carbocycles. The molecule has 6 heteroatoms. The van der Waals surface area contributed by atoms with Gasteiger partial charge in [-0.15, -0.1) is 0 Å². The number of anilines is 1. The van der Waals surface area contributed by atoms with E-state index in [1.165, 1.54) is 0 Å². The van der Waals surface area contributed by atoms with E-state index < -0.39 is 0 Å². The molecule has 0 saturated heterocycles. The summed E-state index contributed by atoms with van der Waals surface area (Å²) in [5.74, 6) is 0.766. The van der Waals surface area contributed by atoms with Gasteiger partial charge in [0.25, 0.3) is 0 Å². The number of hydrogen-bond acceptors (Lipinski definition) is 4. The number of hydrogen-bond donors (Lipinski definition) is 2. The summed E-state index contributed by atoms with van der Waals surface area (Å²) in [4.78, 5) is 4.56. The molecule has 88 valence electrons. The van der Waals surface area contributed by atoms with Crippen LogP contribution in [0, 0.1) is 0 Å². The quantitative estimate of drug-likeness (QED) is 0.772. The highest BCUT2D eigenvalue weighted by Gasteiger charge is 1.99.